The second-order valence-corrected chi connectivity index (χ2v) is 5.60. The van der Waals surface area contributed by atoms with E-state index in [2.05, 4.69) is 0 Å². The summed E-state index contributed by atoms with van der Waals surface area (Å²) in [6.07, 6.45) is 0. The molecule has 0 radical (unpaired) electrons. The van der Waals surface area contributed by atoms with Crippen LogP contribution in [-0.2, 0) is 6.61 Å². The molecule has 0 unspecified atom stereocenters. The molecule has 2 aromatic rings. The SMILES string of the molecule is CN(C)C(=O)c1cccc(OCc2ccc(Cl)cc2Cl)c1. The lowest BCUT2D eigenvalue weighted by Gasteiger charge is -2.12. The number of ether oxygens (including phenoxy) is 1. The zero-order valence-corrected chi connectivity index (χ0v) is 13.3. The lowest BCUT2D eigenvalue weighted by molar-refractivity contribution is 0.0827. The average Bonchev–Trinajstić information content (AvgIpc) is 2.45. The molecule has 110 valence electrons. The summed E-state index contributed by atoms with van der Waals surface area (Å²) in [5.74, 6) is 0.554. The summed E-state index contributed by atoms with van der Waals surface area (Å²) in [5.41, 5.74) is 1.42. The van der Waals surface area contributed by atoms with Crippen molar-refractivity contribution < 1.29 is 9.53 Å². The topological polar surface area (TPSA) is 29.5 Å². The molecule has 2 rings (SSSR count). The fourth-order valence-electron chi connectivity index (χ4n) is 1.78. The predicted octanol–water partition coefficient (Wildman–Crippen LogP) is 4.27. The van der Waals surface area contributed by atoms with Gasteiger partial charge in [0.1, 0.15) is 12.4 Å². The van der Waals surface area contributed by atoms with Gasteiger partial charge in [-0.1, -0.05) is 35.3 Å². The molecule has 0 heterocycles. The Hall–Kier alpha value is -1.71. The Labute approximate surface area is 134 Å². The highest BCUT2D eigenvalue weighted by Crippen LogP contribution is 2.23. The van der Waals surface area contributed by atoms with Crippen LogP contribution in [0.3, 0.4) is 0 Å². The van der Waals surface area contributed by atoms with Crippen molar-refractivity contribution in [3.05, 3.63) is 63.6 Å². The first-order chi connectivity index (χ1) is 9.97. The highest BCUT2D eigenvalue weighted by atomic mass is 35.5. The molecule has 0 atom stereocenters. The van der Waals surface area contributed by atoms with E-state index in [9.17, 15) is 4.79 Å². The lowest BCUT2D eigenvalue weighted by atomic mass is 10.2. The Morgan fingerprint density at radius 1 is 1.14 bits per heavy atom. The van der Waals surface area contributed by atoms with Crippen LogP contribution in [0, 0.1) is 0 Å². The number of amides is 1. The molecular weight excluding hydrogens is 309 g/mol. The Kier molecular flexibility index (Phi) is 5.10. The molecule has 21 heavy (non-hydrogen) atoms. The van der Waals surface area contributed by atoms with Gasteiger partial charge in [0, 0.05) is 35.3 Å². The monoisotopic (exact) mass is 323 g/mol. The Morgan fingerprint density at radius 2 is 1.90 bits per heavy atom. The van der Waals surface area contributed by atoms with Crippen LogP contribution in [0.1, 0.15) is 15.9 Å². The first-order valence-electron chi connectivity index (χ1n) is 6.36. The molecular formula is C16H15Cl2NO2. The largest absolute Gasteiger partial charge is 0.489 e. The Morgan fingerprint density at radius 3 is 2.57 bits per heavy atom. The van der Waals surface area contributed by atoms with Gasteiger partial charge in [0.25, 0.3) is 5.91 Å². The molecule has 0 N–H and O–H groups in total. The maximum absolute atomic E-state index is 11.9. The van der Waals surface area contributed by atoms with Crippen LogP contribution in [0.5, 0.6) is 5.75 Å². The fraction of sp³-hybridized carbons (Fsp3) is 0.188. The molecule has 0 saturated heterocycles. The minimum absolute atomic E-state index is 0.0648. The summed E-state index contributed by atoms with van der Waals surface area (Å²) in [7, 11) is 3.42. The molecule has 3 nitrogen and oxygen atoms in total. The van der Waals surface area contributed by atoms with Crippen LogP contribution >= 0.6 is 23.2 Å². The molecule has 0 spiro atoms. The third-order valence-electron chi connectivity index (χ3n) is 2.90. The highest BCUT2D eigenvalue weighted by Gasteiger charge is 2.09. The number of benzene rings is 2. The van der Waals surface area contributed by atoms with E-state index in [1.807, 2.05) is 6.07 Å². The zero-order chi connectivity index (χ0) is 15.4. The number of halogens is 2. The Balaban J connectivity index is 2.10. The molecule has 0 aliphatic heterocycles. The maximum atomic E-state index is 11.9. The minimum Gasteiger partial charge on any atom is -0.489 e. The number of rotatable bonds is 4. The molecule has 5 heteroatoms. The quantitative estimate of drug-likeness (QED) is 0.840. The second-order valence-electron chi connectivity index (χ2n) is 4.75. The van der Waals surface area contributed by atoms with Gasteiger partial charge in [-0.05, 0) is 30.3 Å². The summed E-state index contributed by atoms with van der Waals surface area (Å²) in [6, 6.07) is 12.3. The first-order valence-corrected chi connectivity index (χ1v) is 7.11. The molecule has 1 amide bonds. The van der Waals surface area contributed by atoms with Crippen molar-refractivity contribution in [3.63, 3.8) is 0 Å². The van der Waals surface area contributed by atoms with Gasteiger partial charge in [-0.3, -0.25) is 4.79 Å². The summed E-state index contributed by atoms with van der Waals surface area (Å²) >= 11 is 11.9. The molecule has 0 fully saturated rings. The maximum Gasteiger partial charge on any atom is 0.253 e. The van der Waals surface area contributed by atoms with Crippen molar-refractivity contribution in [2.75, 3.05) is 14.1 Å². The van der Waals surface area contributed by atoms with Gasteiger partial charge >= 0.3 is 0 Å². The van der Waals surface area contributed by atoms with Crippen LogP contribution in [0.15, 0.2) is 42.5 Å². The lowest BCUT2D eigenvalue weighted by Crippen LogP contribution is -2.21. The van der Waals surface area contributed by atoms with Gasteiger partial charge in [0.05, 0.1) is 0 Å². The molecule has 2 aromatic carbocycles. The van der Waals surface area contributed by atoms with Crippen molar-refractivity contribution in [3.8, 4) is 5.75 Å². The Bertz CT molecular complexity index is 656. The van der Waals surface area contributed by atoms with Gasteiger partial charge in [0.15, 0.2) is 0 Å². The number of hydrogen-bond donors (Lipinski definition) is 0. The summed E-state index contributed by atoms with van der Waals surface area (Å²) in [6.45, 7) is 0.315. The van der Waals surface area contributed by atoms with E-state index in [0.29, 0.717) is 28.0 Å². The van der Waals surface area contributed by atoms with Gasteiger partial charge in [0.2, 0.25) is 0 Å². The first kappa shape index (κ1) is 15.7. The number of carbonyl (C=O) groups is 1. The normalized spacial score (nSPS) is 10.3. The van der Waals surface area contributed by atoms with E-state index in [4.69, 9.17) is 27.9 Å². The summed E-state index contributed by atoms with van der Waals surface area (Å²) < 4.78 is 5.69. The van der Waals surface area contributed by atoms with Gasteiger partial charge in [-0.2, -0.15) is 0 Å². The molecule has 0 aromatic heterocycles. The standard InChI is InChI=1S/C16H15Cl2NO2/c1-19(2)16(20)11-4-3-5-14(8-11)21-10-12-6-7-13(17)9-15(12)18/h3-9H,10H2,1-2H3. The van der Waals surface area contributed by atoms with Crippen LogP contribution in [0.2, 0.25) is 10.0 Å². The minimum atomic E-state index is -0.0648. The van der Waals surface area contributed by atoms with Crippen molar-refractivity contribution in [1.29, 1.82) is 0 Å². The summed E-state index contributed by atoms with van der Waals surface area (Å²) in [4.78, 5) is 13.4. The van der Waals surface area contributed by atoms with Crippen molar-refractivity contribution in [2.45, 2.75) is 6.61 Å². The van der Waals surface area contributed by atoms with Gasteiger partial charge in [-0.25, -0.2) is 0 Å². The van der Waals surface area contributed by atoms with Crippen molar-refractivity contribution in [1.82, 2.24) is 4.90 Å². The van der Waals surface area contributed by atoms with Crippen LogP contribution in [0.4, 0.5) is 0 Å². The molecule has 0 aliphatic rings. The van der Waals surface area contributed by atoms with Gasteiger partial charge < -0.3 is 9.64 Å². The van der Waals surface area contributed by atoms with Gasteiger partial charge in [-0.15, -0.1) is 0 Å². The van der Waals surface area contributed by atoms with E-state index >= 15 is 0 Å². The highest BCUT2D eigenvalue weighted by molar-refractivity contribution is 6.35. The van der Waals surface area contributed by atoms with Crippen molar-refractivity contribution in [2.24, 2.45) is 0 Å². The zero-order valence-electron chi connectivity index (χ0n) is 11.8. The van der Waals surface area contributed by atoms with Crippen LogP contribution < -0.4 is 4.74 Å². The molecule has 0 saturated carbocycles. The van der Waals surface area contributed by atoms with E-state index < -0.39 is 0 Å². The number of carbonyl (C=O) groups excluding carboxylic acids is 1. The fourth-order valence-corrected chi connectivity index (χ4v) is 2.24. The van der Waals surface area contributed by atoms with E-state index in [0.717, 1.165) is 5.56 Å². The molecule has 0 aliphatic carbocycles. The van der Waals surface area contributed by atoms with E-state index in [-0.39, 0.29) is 5.91 Å². The van der Waals surface area contributed by atoms with Crippen molar-refractivity contribution >= 4 is 29.1 Å². The second kappa shape index (κ2) is 6.83. The third-order valence-corrected chi connectivity index (χ3v) is 3.48. The van der Waals surface area contributed by atoms with Crippen LogP contribution in [-0.4, -0.2) is 24.9 Å². The number of nitrogens with zero attached hydrogens (tertiary/aromatic N) is 1. The van der Waals surface area contributed by atoms with Crippen LogP contribution in [0.25, 0.3) is 0 Å². The third kappa shape index (κ3) is 4.13. The predicted molar refractivity (Wildman–Crippen MR) is 85.3 cm³/mol. The smallest absolute Gasteiger partial charge is 0.253 e. The summed E-state index contributed by atoms with van der Waals surface area (Å²) in [5, 5.41) is 1.14. The van der Waals surface area contributed by atoms with E-state index in [1.165, 1.54) is 4.90 Å². The average molecular weight is 324 g/mol. The van der Waals surface area contributed by atoms with E-state index in [1.54, 1.807) is 50.5 Å². The molecule has 0 bridgehead atoms. The number of hydrogen-bond acceptors (Lipinski definition) is 2.